The third kappa shape index (κ3) is 3.96. The Morgan fingerprint density at radius 2 is 1.53 bits per heavy atom. The zero-order chi connectivity index (χ0) is 26.6. The van der Waals surface area contributed by atoms with Gasteiger partial charge in [-0.25, -0.2) is 8.78 Å². The molecule has 2 aliphatic heterocycles. The number of hydrogen-bond donors (Lipinski definition) is 0. The van der Waals surface area contributed by atoms with Crippen molar-refractivity contribution >= 4 is 17.7 Å². The fourth-order valence-corrected chi connectivity index (χ4v) is 5.34. The molecule has 6 rings (SSSR count). The largest absolute Gasteiger partial charge is 0.329 e. The van der Waals surface area contributed by atoms with Crippen molar-refractivity contribution in [2.24, 2.45) is 7.05 Å². The van der Waals surface area contributed by atoms with Crippen LogP contribution in [0.2, 0.25) is 0 Å². The summed E-state index contributed by atoms with van der Waals surface area (Å²) in [6, 6.07) is 16.4. The number of imide groups is 1. The molecule has 190 valence electrons. The van der Waals surface area contributed by atoms with Crippen LogP contribution in [0.15, 0.2) is 72.9 Å². The summed E-state index contributed by atoms with van der Waals surface area (Å²) >= 11 is 0. The number of halogens is 2. The molecule has 3 aromatic carbocycles. The molecule has 0 unspecified atom stereocenters. The molecule has 1 aromatic heterocycles. The zero-order valence-electron chi connectivity index (χ0n) is 20.4. The van der Waals surface area contributed by atoms with Crippen LogP contribution in [0.5, 0.6) is 0 Å². The molecule has 3 heterocycles. The summed E-state index contributed by atoms with van der Waals surface area (Å²) in [5.74, 6) is -2.66. The minimum absolute atomic E-state index is 0.0520. The Morgan fingerprint density at radius 3 is 2.16 bits per heavy atom. The van der Waals surface area contributed by atoms with Crippen LogP contribution >= 0.6 is 0 Å². The summed E-state index contributed by atoms with van der Waals surface area (Å²) < 4.78 is 29.8. The molecule has 0 saturated carbocycles. The minimum Gasteiger partial charge on any atom is -0.329 e. The van der Waals surface area contributed by atoms with E-state index in [4.69, 9.17) is 0 Å². The van der Waals surface area contributed by atoms with Crippen LogP contribution in [0, 0.1) is 11.6 Å². The normalized spacial score (nSPS) is 15.3. The van der Waals surface area contributed by atoms with Crippen molar-refractivity contribution in [3.63, 3.8) is 0 Å². The number of nitrogens with zero attached hydrogens (tertiary/aromatic N) is 4. The van der Waals surface area contributed by atoms with E-state index in [1.54, 1.807) is 46.1 Å². The second-order valence-corrected chi connectivity index (χ2v) is 9.55. The van der Waals surface area contributed by atoms with Gasteiger partial charge >= 0.3 is 0 Å². The Kier molecular flexibility index (Phi) is 5.63. The molecule has 9 heteroatoms. The number of carbonyl (C=O) groups is 3. The molecule has 0 fully saturated rings. The maximum atomic E-state index is 14.0. The summed E-state index contributed by atoms with van der Waals surface area (Å²) in [6.45, 7) is 0.115. The molecule has 7 nitrogen and oxygen atoms in total. The lowest BCUT2D eigenvalue weighted by atomic mass is 10.0. The third-order valence-electron chi connectivity index (χ3n) is 7.16. The number of aryl methyl sites for hydroxylation is 1. The van der Waals surface area contributed by atoms with Crippen LogP contribution in [-0.2, 0) is 20.0 Å². The predicted molar refractivity (Wildman–Crippen MR) is 134 cm³/mol. The van der Waals surface area contributed by atoms with Crippen LogP contribution < -0.4 is 0 Å². The summed E-state index contributed by atoms with van der Waals surface area (Å²) in [5.41, 5.74) is 3.98. The van der Waals surface area contributed by atoms with Crippen molar-refractivity contribution < 1.29 is 23.2 Å². The number of fused-ring (bicyclic) bond motifs is 2. The highest BCUT2D eigenvalue weighted by Crippen LogP contribution is 2.32. The van der Waals surface area contributed by atoms with Gasteiger partial charge in [-0.05, 0) is 60.0 Å². The number of rotatable bonds is 6. The van der Waals surface area contributed by atoms with E-state index in [0.717, 1.165) is 27.8 Å². The lowest BCUT2D eigenvalue weighted by Gasteiger charge is -2.31. The van der Waals surface area contributed by atoms with Crippen LogP contribution in [0.1, 0.15) is 42.2 Å². The van der Waals surface area contributed by atoms with Crippen molar-refractivity contribution in [3.8, 4) is 11.3 Å². The highest BCUT2D eigenvalue weighted by molar-refractivity contribution is 6.21. The average molecular weight is 513 g/mol. The van der Waals surface area contributed by atoms with Crippen LogP contribution in [0.3, 0.4) is 0 Å². The number of hydrogen-bond acceptors (Lipinski definition) is 4. The summed E-state index contributed by atoms with van der Waals surface area (Å²) in [6.07, 6.45) is 1.74. The van der Waals surface area contributed by atoms with Crippen LogP contribution in [-0.4, -0.2) is 49.9 Å². The van der Waals surface area contributed by atoms with Gasteiger partial charge in [0.05, 0.1) is 29.4 Å². The Labute approximate surface area is 216 Å². The molecule has 0 saturated heterocycles. The third-order valence-corrected chi connectivity index (χ3v) is 7.16. The minimum atomic E-state index is -0.740. The van der Waals surface area contributed by atoms with E-state index in [0.29, 0.717) is 22.3 Å². The van der Waals surface area contributed by atoms with Crippen molar-refractivity contribution in [1.29, 1.82) is 0 Å². The molecule has 0 radical (unpaired) electrons. The molecular weight excluding hydrogens is 490 g/mol. The Bertz CT molecular complexity index is 1570. The van der Waals surface area contributed by atoms with Gasteiger partial charge in [0.2, 0.25) is 0 Å². The topological polar surface area (TPSA) is 75.5 Å². The second-order valence-electron chi connectivity index (χ2n) is 9.55. The predicted octanol–water partition coefficient (Wildman–Crippen LogP) is 4.23. The van der Waals surface area contributed by atoms with Crippen molar-refractivity contribution in [2.75, 3.05) is 6.54 Å². The number of amides is 3. The molecule has 0 N–H and O–H groups in total. The molecule has 3 amide bonds. The first kappa shape index (κ1) is 23.7. The first-order valence-electron chi connectivity index (χ1n) is 12.1. The van der Waals surface area contributed by atoms with Gasteiger partial charge in [-0.2, -0.15) is 5.10 Å². The lowest BCUT2D eigenvalue weighted by molar-refractivity contribution is 0.0527. The van der Waals surface area contributed by atoms with E-state index in [1.165, 1.54) is 12.1 Å². The number of benzene rings is 3. The molecule has 2 aliphatic rings. The van der Waals surface area contributed by atoms with Crippen molar-refractivity contribution in [2.45, 2.75) is 19.0 Å². The summed E-state index contributed by atoms with van der Waals surface area (Å²) in [4.78, 5) is 42.4. The van der Waals surface area contributed by atoms with E-state index in [9.17, 15) is 23.2 Å². The molecule has 38 heavy (non-hydrogen) atoms. The maximum absolute atomic E-state index is 14.0. The smallest absolute Gasteiger partial charge is 0.261 e. The van der Waals surface area contributed by atoms with Crippen LogP contribution in [0.25, 0.3) is 11.3 Å². The standard InChI is InChI=1S/C29H22F2N4O3/c1-33-26(8-9-32-33)18-6-7-23-19(13-18)15-34(27(23)36)22(12-17-10-20(30)14-21(31)11-17)16-35-28(37)24-4-2-3-5-25(24)29(35)38/h2-11,13-14,22H,12,15-16H2,1H3/t22-/m1/s1. The van der Waals surface area contributed by atoms with Crippen LogP contribution in [0.4, 0.5) is 8.78 Å². The van der Waals surface area contributed by atoms with Gasteiger partial charge in [0.15, 0.2) is 0 Å². The molecule has 0 aliphatic carbocycles. The Hall–Kier alpha value is -4.66. The van der Waals surface area contributed by atoms with E-state index < -0.39 is 29.5 Å². The fourth-order valence-electron chi connectivity index (χ4n) is 5.34. The average Bonchev–Trinajstić information content (AvgIpc) is 3.53. The summed E-state index contributed by atoms with van der Waals surface area (Å²) in [5, 5.41) is 4.20. The van der Waals surface area contributed by atoms with E-state index >= 15 is 0 Å². The SMILES string of the molecule is Cn1nccc1-c1ccc2c(c1)CN([C@H](Cc1cc(F)cc(F)c1)CN1C(=O)c3ccccc3C1=O)C2=O. The highest BCUT2D eigenvalue weighted by Gasteiger charge is 2.40. The van der Waals surface area contributed by atoms with Gasteiger partial charge in [-0.15, -0.1) is 0 Å². The zero-order valence-corrected chi connectivity index (χ0v) is 20.4. The van der Waals surface area contributed by atoms with Gasteiger partial charge in [0.1, 0.15) is 11.6 Å². The Balaban J connectivity index is 1.34. The van der Waals surface area contributed by atoms with Crippen molar-refractivity contribution in [3.05, 3.63) is 112 Å². The quantitative estimate of drug-likeness (QED) is 0.363. The molecule has 4 aromatic rings. The Morgan fingerprint density at radius 1 is 0.842 bits per heavy atom. The molecule has 0 spiro atoms. The number of carbonyl (C=O) groups excluding carboxylic acids is 3. The van der Waals surface area contributed by atoms with Gasteiger partial charge < -0.3 is 4.90 Å². The van der Waals surface area contributed by atoms with Gasteiger partial charge in [0.25, 0.3) is 17.7 Å². The second kappa shape index (κ2) is 9.02. The lowest BCUT2D eigenvalue weighted by Crippen LogP contribution is -2.47. The molecule has 1 atom stereocenters. The first-order valence-corrected chi connectivity index (χ1v) is 12.1. The fraction of sp³-hybridized carbons (Fsp3) is 0.172. The highest BCUT2D eigenvalue weighted by atomic mass is 19.1. The first-order chi connectivity index (χ1) is 18.3. The van der Waals surface area contributed by atoms with E-state index in [-0.39, 0.29) is 25.4 Å². The van der Waals surface area contributed by atoms with E-state index in [1.807, 2.05) is 25.2 Å². The van der Waals surface area contributed by atoms with Gasteiger partial charge in [-0.3, -0.25) is 24.0 Å². The number of aromatic nitrogens is 2. The van der Waals surface area contributed by atoms with Crippen molar-refractivity contribution in [1.82, 2.24) is 19.6 Å². The monoisotopic (exact) mass is 512 g/mol. The molecule has 0 bridgehead atoms. The van der Waals surface area contributed by atoms with Gasteiger partial charge in [-0.1, -0.05) is 18.2 Å². The summed E-state index contributed by atoms with van der Waals surface area (Å²) in [7, 11) is 1.83. The van der Waals surface area contributed by atoms with E-state index in [2.05, 4.69) is 5.10 Å². The van der Waals surface area contributed by atoms with Gasteiger partial charge in [0, 0.05) is 37.0 Å². The maximum Gasteiger partial charge on any atom is 0.261 e. The molecular formula is C29H22F2N4O3.